The molecule has 0 amide bonds. The Morgan fingerprint density at radius 3 is 2.48 bits per heavy atom. The van der Waals surface area contributed by atoms with Gasteiger partial charge in [0.15, 0.2) is 5.76 Å². The number of fused-ring (bicyclic) bond motifs is 1. The summed E-state index contributed by atoms with van der Waals surface area (Å²) < 4.78 is 25.5. The predicted molar refractivity (Wildman–Crippen MR) is 104 cm³/mol. The van der Waals surface area contributed by atoms with Gasteiger partial charge in [-0.1, -0.05) is 40.2 Å². The highest BCUT2D eigenvalue weighted by molar-refractivity contribution is 9.10. The molecule has 0 aliphatic carbocycles. The Morgan fingerprint density at radius 1 is 1.00 bits per heavy atom. The van der Waals surface area contributed by atoms with E-state index in [1.54, 1.807) is 36.4 Å². The fourth-order valence-electron chi connectivity index (χ4n) is 2.71. The Kier molecular flexibility index (Phi) is 4.77. The van der Waals surface area contributed by atoms with Gasteiger partial charge in [-0.25, -0.2) is 4.39 Å². The molecule has 0 aromatic heterocycles. The average Bonchev–Trinajstić information content (AvgIpc) is 2.98. The molecule has 27 heavy (non-hydrogen) atoms. The number of carbonyl (C=O) groups excluding carboxylic acids is 1. The lowest BCUT2D eigenvalue weighted by Crippen LogP contribution is -1.98. The lowest BCUT2D eigenvalue weighted by molar-refractivity contribution is 0.101. The molecule has 1 heterocycles. The second kappa shape index (κ2) is 7.37. The molecule has 1 aliphatic heterocycles. The van der Waals surface area contributed by atoms with Crippen LogP contribution in [0.2, 0.25) is 0 Å². The largest absolute Gasteiger partial charge is 0.489 e. The molecule has 5 heteroatoms. The van der Waals surface area contributed by atoms with Crippen LogP contribution in [0.3, 0.4) is 0 Å². The van der Waals surface area contributed by atoms with Crippen LogP contribution in [0.15, 0.2) is 77.0 Å². The van der Waals surface area contributed by atoms with Crippen LogP contribution in [0.1, 0.15) is 21.5 Å². The van der Waals surface area contributed by atoms with E-state index in [9.17, 15) is 9.18 Å². The summed E-state index contributed by atoms with van der Waals surface area (Å²) in [5, 5.41) is 0. The molecule has 0 saturated carbocycles. The van der Waals surface area contributed by atoms with Gasteiger partial charge in [0.25, 0.3) is 0 Å². The third-order valence-electron chi connectivity index (χ3n) is 4.13. The molecular weight excluding hydrogens is 411 g/mol. The number of allylic oxidation sites excluding steroid dienone is 1. The molecule has 0 unspecified atom stereocenters. The number of ketones is 1. The van der Waals surface area contributed by atoms with Crippen molar-refractivity contribution in [3.63, 3.8) is 0 Å². The van der Waals surface area contributed by atoms with Gasteiger partial charge in [0.05, 0.1) is 5.56 Å². The molecule has 134 valence electrons. The van der Waals surface area contributed by atoms with Crippen molar-refractivity contribution in [3.8, 4) is 11.5 Å². The lowest BCUT2D eigenvalue weighted by Gasteiger charge is -2.07. The van der Waals surface area contributed by atoms with Crippen LogP contribution in [0, 0.1) is 5.82 Å². The molecule has 1 aliphatic rings. The molecule has 3 aromatic rings. The molecule has 0 radical (unpaired) electrons. The third-order valence-corrected chi connectivity index (χ3v) is 4.66. The standard InChI is InChI=1S/C22H14BrFO3/c23-16-5-1-15(2-6-16)13-26-18-9-10-19-20(12-18)27-21(22(19)25)11-14-3-7-17(24)8-4-14/h1-12H,13H2/b21-11-. The molecule has 0 saturated heterocycles. The quantitative estimate of drug-likeness (QED) is 0.497. The molecule has 0 atom stereocenters. The van der Waals surface area contributed by atoms with E-state index >= 15 is 0 Å². The van der Waals surface area contributed by atoms with Gasteiger partial charge < -0.3 is 9.47 Å². The van der Waals surface area contributed by atoms with Gasteiger partial charge in [0, 0.05) is 10.5 Å². The second-order valence-electron chi connectivity index (χ2n) is 6.06. The fourth-order valence-corrected chi connectivity index (χ4v) is 2.98. The van der Waals surface area contributed by atoms with Crippen LogP contribution >= 0.6 is 15.9 Å². The summed E-state index contributed by atoms with van der Waals surface area (Å²) in [4.78, 5) is 12.5. The van der Waals surface area contributed by atoms with E-state index < -0.39 is 0 Å². The summed E-state index contributed by atoms with van der Waals surface area (Å²) in [6, 6.07) is 18.9. The van der Waals surface area contributed by atoms with Crippen molar-refractivity contribution in [3.05, 3.63) is 99.5 Å². The van der Waals surface area contributed by atoms with Crippen molar-refractivity contribution in [2.75, 3.05) is 0 Å². The zero-order valence-electron chi connectivity index (χ0n) is 14.1. The van der Waals surface area contributed by atoms with E-state index in [2.05, 4.69) is 15.9 Å². The van der Waals surface area contributed by atoms with Crippen molar-refractivity contribution in [1.82, 2.24) is 0 Å². The number of carbonyl (C=O) groups is 1. The lowest BCUT2D eigenvalue weighted by atomic mass is 10.1. The van der Waals surface area contributed by atoms with Crippen molar-refractivity contribution in [1.29, 1.82) is 0 Å². The highest BCUT2D eigenvalue weighted by Gasteiger charge is 2.27. The van der Waals surface area contributed by atoms with Gasteiger partial charge in [-0.15, -0.1) is 0 Å². The zero-order chi connectivity index (χ0) is 18.8. The first-order chi connectivity index (χ1) is 13.1. The summed E-state index contributed by atoms with van der Waals surface area (Å²) in [5.74, 6) is 0.760. The van der Waals surface area contributed by atoms with E-state index in [1.165, 1.54) is 12.1 Å². The van der Waals surface area contributed by atoms with Crippen LogP contribution in [0.5, 0.6) is 11.5 Å². The average molecular weight is 425 g/mol. The molecule has 3 nitrogen and oxygen atoms in total. The maximum absolute atomic E-state index is 13.0. The SMILES string of the molecule is O=C1/C(=C/c2ccc(F)cc2)Oc2cc(OCc3ccc(Br)cc3)ccc21. The molecule has 4 rings (SSSR count). The Labute approximate surface area is 164 Å². The minimum atomic E-state index is -0.327. The van der Waals surface area contributed by atoms with E-state index in [0.717, 1.165) is 10.0 Å². The highest BCUT2D eigenvalue weighted by atomic mass is 79.9. The number of Topliss-reactive ketones (excluding diaryl/α,β-unsaturated/α-hetero) is 1. The van der Waals surface area contributed by atoms with Gasteiger partial charge in [-0.05, 0) is 53.6 Å². The first-order valence-corrected chi connectivity index (χ1v) is 9.09. The van der Waals surface area contributed by atoms with Crippen LogP contribution < -0.4 is 9.47 Å². The van der Waals surface area contributed by atoms with E-state index in [1.807, 2.05) is 24.3 Å². The molecule has 0 bridgehead atoms. The topological polar surface area (TPSA) is 35.5 Å². The summed E-state index contributed by atoms with van der Waals surface area (Å²) in [6.07, 6.45) is 1.60. The summed E-state index contributed by atoms with van der Waals surface area (Å²) in [5.41, 5.74) is 2.21. The molecular formula is C22H14BrFO3. The fraction of sp³-hybridized carbons (Fsp3) is 0.0455. The Hall–Kier alpha value is -2.92. The highest BCUT2D eigenvalue weighted by Crippen LogP contribution is 2.35. The Bertz CT molecular complexity index is 1020. The second-order valence-corrected chi connectivity index (χ2v) is 6.98. The van der Waals surface area contributed by atoms with E-state index in [4.69, 9.17) is 9.47 Å². The molecule has 3 aromatic carbocycles. The first-order valence-electron chi connectivity index (χ1n) is 8.29. The van der Waals surface area contributed by atoms with Crippen LogP contribution in [-0.4, -0.2) is 5.78 Å². The summed E-state index contributed by atoms with van der Waals surface area (Å²) >= 11 is 3.40. The number of halogens is 2. The predicted octanol–water partition coefficient (Wildman–Crippen LogP) is 5.78. The normalized spacial score (nSPS) is 14.1. The summed E-state index contributed by atoms with van der Waals surface area (Å²) in [6.45, 7) is 0.415. The minimum Gasteiger partial charge on any atom is -0.489 e. The van der Waals surface area contributed by atoms with Crippen LogP contribution in [0.4, 0.5) is 4.39 Å². The Morgan fingerprint density at radius 2 is 1.74 bits per heavy atom. The maximum atomic E-state index is 13.0. The van der Waals surface area contributed by atoms with Crippen molar-refractivity contribution in [2.24, 2.45) is 0 Å². The monoisotopic (exact) mass is 424 g/mol. The van der Waals surface area contributed by atoms with Gasteiger partial charge in [-0.3, -0.25) is 4.79 Å². The molecule has 0 N–H and O–H groups in total. The number of ether oxygens (including phenoxy) is 2. The van der Waals surface area contributed by atoms with E-state index in [-0.39, 0.29) is 17.4 Å². The molecule has 0 spiro atoms. The minimum absolute atomic E-state index is 0.200. The van der Waals surface area contributed by atoms with Gasteiger partial charge >= 0.3 is 0 Å². The maximum Gasteiger partial charge on any atom is 0.231 e. The molecule has 0 fully saturated rings. The third kappa shape index (κ3) is 3.93. The first kappa shape index (κ1) is 17.5. The van der Waals surface area contributed by atoms with Crippen molar-refractivity contribution in [2.45, 2.75) is 6.61 Å². The smallest absolute Gasteiger partial charge is 0.231 e. The van der Waals surface area contributed by atoms with Gasteiger partial charge in [-0.2, -0.15) is 0 Å². The summed E-state index contributed by atoms with van der Waals surface area (Å²) in [7, 11) is 0. The number of hydrogen-bond acceptors (Lipinski definition) is 3. The van der Waals surface area contributed by atoms with Crippen LogP contribution in [0.25, 0.3) is 6.08 Å². The van der Waals surface area contributed by atoms with E-state index in [0.29, 0.717) is 29.2 Å². The Balaban J connectivity index is 1.50. The van der Waals surface area contributed by atoms with Crippen molar-refractivity contribution >= 4 is 27.8 Å². The number of rotatable bonds is 4. The number of hydrogen-bond donors (Lipinski definition) is 0. The van der Waals surface area contributed by atoms with Gasteiger partial charge in [0.2, 0.25) is 5.78 Å². The zero-order valence-corrected chi connectivity index (χ0v) is 15.7. The van der Waals surface area contributed by atoms with Crippen LogP contribution in [-0.2, 0) is 6.61 Å². The number of benzene rings is 3. The van der Waals surface area contributed by atoms with Crippen molar-refractivity contribution < 1.29 is 18.7 Å². The van der Waals surface area contributed by atoms with Gasteiger partial charge in [0.1, 0.15) is 23.9 Å².